The maximum Gasteiger partial charge on any atom is 0.416 e. The number of nitrogens with one attached hydrogen (secondary N) is 1. The molecule has 29 heavy (non-hydrogen) atoms. The fraction of sp³-hybridized carbons (Fsp3) is 0.368. The van der Waals surface area contributed by atoms with Gasteiger partial charge in [0.15, 0.2) is 11.5 Å². The van der Waals surface area contributed by atoms with Crippen molar-refractivity contribution in [3.8, 4) is 0 Å². The Bertz CT molecular complexity index is 1060. The van der Waals surface area contributed by atoms with Crippen LogP contribution in [-0.4, -0.2) is 36.6 Å². The van der Waals surface area contributed by atoms with Gasteiger partial charge in [0.25, 0.3) is 0 Å². The third-order valence-electron chi connectivity index (χ3n) is 4.99. The number of aromatic nitrogens is 4. The smallest absolute Gasteiger partial charge is 0.416 e. The first-order chi connectivity index (χ1) is 13.7. The molecule has 0 unspecified atom stereocenters. The van der Waals surface area contributed by atoms with Gasteiger partial charge in [-0.05, 0) is 43.4 Å². The minimum absolute atomic E-state index is 0.101. The highest BCUT2D eigenvalue weighted by atomic mass is 19.4. The Hall–Kier alpha value is -3.17. The van der Waals surface area contributed by atoms with E-state index in [-0.39, 0.29) is 24.1 Å². The molecule has 0 aliphatic heterocycles. The molecule has 3 aromatic rings. The standard InChI is InChI=1S/C19H18F3N5O2/c1-10(12-4-5-12)24-16-14-15(25-17(26-16)18(28)29)23-9-27(14)8-11-2-6-13(7-3-11)19(20,21)22/h2-3,6-7,9-10,12H,4-5,8H2,1H3,(H,28,29)(H,24,25,26)/t10-/m1/s1. The van der Waals surface area contributed by atoms with Gasteiger partial charge in [0, 0.05) is 12.6 Å². The van der Waals surface area contributed by atoms with Crippen molar-refractivity contribution in [3.05, 3.63) is 47.5 Å². The Labute approximate surface area is 163 Å². The number of carboxylic acid groups (broad SMARTS) is 1. The number of fused-ring (bicyclic) bond motifs is 1. The van der Waals surface area contributed by atoms with Crippen molar-refractivity contribution >= 4 is 23.0 Å². The van der Waals surface area contributed by atoms with Gasteiger partial charge in [-0.2, -0.15) is 13.2 Å². The number of carbonyl (C=O) groups is 1. The zero-order chi connectivity index (χ0) is 20.8. The maximum absolute atomic E-state index is 12.8. The van der Waals surface area contributed by atoms with Gasteiger partial charge in [0.1, 0.15) is 5.52 Å². The van der Waals surface area contributed by atoms with E-state index in [1.807, 2.05) is 6.92 Å². The summed E-state index contributed by atoms with van der Waals surface area (Å²) in [6.45, 7) is 2.25. The summed E-state index contributed by atoms with van der Waals surface area (Å²) in [6, 6.07) is 4.97. The topological polar surface area (TPSA) is 92.9 Å². The molecule has 1 saturated carbocycles. The molecule has 10 heteroatoms. The van der Waals surface area contributed by atoms with Crippen LogP contribution in [0.25, 0.3) is 11.2 Å². The van der Waals surface area contributed by atoms with Gasteiger partial charge in [0.2, 0.25) is 5.82 Å². The number of alkyl halides is 3. The van der Waals surface area contributed by atoms with E-state index >= 15 is 0 Å². The molecule has 0 saturated heterocycles. The lowest BCUT2D eigenvalue weighted by Crippen LogP contribution is -2.20. The van der Waals surface area contributed by atoms with Gasteiger partial charge in [0.05, 0.1) is 11.9 Å². The molecular weight excluding hydrogens is 387 g/mol. The Morgan fingerprint density at radius 3 is 2.55 bits per heavy atom. The number of halogens is 3. The van der Waals surface area contributed by atoms with Gasteiger partial charge in [-0.1, -0.05) is 12.1 Å². The van der Waals surface area contributed by atoms with Crippen LogP contribution in [0, 0.1) is 5.92 Å². The first kappa shape index (κ1) is 19.2. The molecule has 0 amide bonds. The molecular formula is C19H18F3N5O2. The molecule has 7 nitrogen and oxygen atoms in total. The minimum atomic E-state index is -4.39. The third kappa shape index (κ3) is 4.01. The molecule has 1 aromatic carbocycles. The zero-order valence-corrected chi connectivity index (χ0v) is 15.4. The number of imidazole rings is 1. The monoisotopic (exact) mass is 405 g/mol. The zero-order valence-electron chi connectivity index (χ0n) is 15.4. The number of rotatable bonds is 6. The highest BCUT2D eigenvalue weighted by Gasteiger charge is 2.30. The van der Waals surface area contributed by atoms with Crippen molar-refractivity contribution in [2.24, 2.45) is 5.92 Å². The summed E-state index contributed by atoms with van der Waals surface area (Å²) in [4.78, 5) is 23.7. The highest BCUT2D eigenvalue weighted by Crippen LogP contribution is 2.35. The second kappa shape index (κ2) is 7.02. The Balaban J connectivity index is 1.70. The molecule has 0 spiro atoms. The van der Waals surface area contributed by atoms with Crippen molar-refractivity contribution < 1.29 is 23.1 Å². The summed E-state index contributed by atoms with van der Waals surface area (Å²) >= 11 is 0. The Kier molecular flexibility index (Phi) is 4.64. The van der Waals surface area contributed by atoms with E-state index in [1.54, 1.807) is 4.57 Å². The van der Waals surface area contributed by atoms with Gasteiger partial charge < -0.3 is 15.0 Å². The average molecular weight is 405 g/mol. The van der Waals surface area contributed by atoms with Crippen LogP contribution < -0.4 is 5.32 Å². The number of hydrogen-bond acceptors (Lipinski definition) is 5. The number of carboxylic acids is 1. The fourth-order valence-corrected chi connectivity index (χ4v) is 3.22. The summed E-state index contributed by atoms with van der Waals surface area (Å²) in [5.74, 6) is -0.759. The van der Waals surface area contributed by atoms with Crippen molar-refractivity contribution in [2.45, 2.75) is 38.5 Å². The van der Waals surface area contributed by atoms with Crippen molar-refractivity contribution in [2.75, 3.05) is 5.32 Å². The molecule has 4 rings (SSSR count). The molecule has 1 fully saturated rings. The number of aromatic carboxylic acids is 1. The van der Waals surface area contributed by atoms with Crippen LogP contribution in [0.3, 0.4) is 0 Å². The van der Waals surface area contributed by atoms with Crippen LogP contribution in [0.1, 0.15) is 41.5 Å². The van der Waals surface area contributed by atoms with Crippen LogP contribution >= 0.6 is 0 Å². The van der Waals surface area contributed by atoms with Crippen LogP contribution in [0.15, 0.2) is 30.6 Å². The summed E-state index contributed by atoms with van der Waals surface area (Å²) in [7, 11) is 0. The minimum Gasteiger partial charge on any atom is -0.475 e. The van der Waals surface area contributed by atoms with Gasteiger partial charge in [-0.25, -0.2) is 19.7 Å². The summed E-state index contributed by atoms with van der Waals surface area (Å²) in [6.07, 6.45) is -0.717. The quantitative estimate of drug-likeness (QED) is 0.648. The second-order valence-electron chi connectivity index (χ2n) is 7.21. The van der Waals surface area contributed by atoms with E-state index in [9.17, 15) is 23.1 Å². The lowest BCUT2D eigenvalue weighted by Gasteiger charge is -2.16. The maximum atomic E-state index is 12.8. The van der Waals surface area contributed by atoms with E-state index in [0.29, 0.717) is 22.8 Å². The van der Waals surface area contributed by atoms with E-state index in [0.717, 1.165) is 25.0 Å². The molecule has 2 N–H and O–H groups in total. The Morgan fingerprint density at radius 1 is 1.28 bits per heavy atom. The van der Waals surface area contributed by atoms with Crippen LogP contribution in [-0.2, 0) is 12.7 Å². The van der Waals surface area contributed by atoms with E-state index < -0.39 is 17.7 Å². The fourth-order valence-electron chi connectivity index (χ4n) is 3.22. The van der Waals surface area contributed by atoms with Crippen LogP contribution in [0.5, 0.6) is 0 Å². The predicted octanol–water partition coefficient (Wildman–Crippen LogP) is 3.80. The van der Waals surface area contributed by atoms with E-state index in [1.165, 1.54) is 18.5 Å². The van der Waals surface area contributed by atoms with Crippen molar-refractivity contribution in [3.63, 3.8) is 0 Å². The third-order valence-corrected chi connectivity index (χ3v) is 4.99. The number of anilines is 1. The molecule has 0 bridgehead atoms. The molecule has 1 atom stereocenters. The molecule has 0 radical (unpaired) electrons. The van der Waals surface area contributed by atoms with Crippen LogP contribution in [0.4, 0.5) is 19.0 Å². The number of hydrogen-bond donors (Lipinski definition) is 2. The first-order valence-corrected chi connectivity index (χ1v) is 9.11. The molecule has 2 heterocycles. The molecule has 1 aliphatic carbocycles. The van der Waals surface area contributed by atoms with Crippen molar-refractivity contribution in [1.29, 1.82) is 0 Å². The SMILES string of the molecule is C[C@@H](Nc1nc(C(=O)O)nc2ncn(Cc3ccc(C(F)(F)F)cc3)c12)C1CC1. The van der Waals surface area contributed by atoms with Gasteiger partial charge in [-0.3, -0.25) is 0 Å². The van der Waals surface area contributed by atoms with Crippen LogP contribution in [0.2, 0.25) is 0 Å². The first-order valence-electron chi connectivity index (χ1n) is 9.11. The second-order valence-corrected chi connectivity index (χ2v) is 7.21. The molecule has 1 aliphatic rings. The van der Waals surface area contributed by atoms with Crippen molar-refractivity contribution in [1.82, 2.24) is 19.5 Å². The summed E-state index contributed by atoms with van der Waals surface area (Å²) in [5, 5.41) is 12.5. The average Bonchev–Trinajstić information content (AvgIpc) is 3.43. The van der Waals surface area contributed by atoms with E-state index in [4.69, 9.17) is 0 Å². The summed E-state index contributed by atoms with van der Waals surface area (Å²) < 4.78 is 40.0. The lowest BCUT2D eigenvalue weighted by atomic mass is 10.1. The normalized spacial score (nSPS) is 15.4. The predicted molar refractivity (Wildman–Crippen MR) is 98.6 cm³/mol. The lowest BCUT2D eigenvalue weighted by molar-refractivity contribution is -0.137. The largest absolute Gasteiger partial charge is 0.475 e. The van der Waals surface area contributed by atoms with E-state index in [2.05, 4.69) is 20.3 Å². The number of nitrogens with zero attached hydrogens (tertiary/aromatic N) is 4. The summed E-state index contributed by atoms with van der Waals surface area (Å²) in [5.41, 5.74) is 0.657. The van der Waals surface area contributed by atoms with Gasteiger partial charge in [-0.15, -0.1) is 0 Å². The molecule has 2 aromatic heterocycles. The molecule has 152 valence electrons. The van der Waals surface area contributed by atoms with Gasteiger partial charge >= 0.3 is 12.1 Å². The number of benzene rings is 1. The highest BCUT2D eigenvalue weighted by molar-refractivity contribution is 5.90. The Morgan fingerprint density at radius 2 is 1.97 bits per heavy atom.